The molecule has 0 aliphatic heterocycles. The molecule has 1 aliphatic carbocycles. The molecule has 1 aromatic rings. The van der Waals surface area contributed by atoms with Crippen molar-refractivity contribution in [3.63, 3.8) is 0 Å². The number of hydrogen-bond donors (Lipinski definition) is 2. The van der Waals surface area contributed by atoms with Crippen molar-refractivity contribution >= 4 is 17.3 Å². The highest BCUT2D eigenvalue weighted by Crippen LogP contribution is 2.40. The zero-order chi connectivity index (χ0) is 10.7. The third kappa shape index (κ3) is 2.44. The number of rotatable bonds is 4. The third-order valence-corrected chi connectivity index (χ3v) is 3.51. The molecule has 1 aliphatic rings. The lowest BCUT2D eigenvalue weighted by atomic mass is 9.69. The lowest BCUT2D eigenvalue weighted by Gasteiger charge is -2.40. The molecule has 15 heavy (non-hydrogen) atoms. The summed E-state index contributed by atoms with van der Waals surface area (Å²) in [4.78, 5) is 0. The molecule has 0 radical (unpaired) electrons. The SMILES string of the molecule is OCC1(CNc2ccc(Cl)cc2)CCC1. The maximum atomic E-state index is 9.30. The normalized spacial score (nSPS) is 18.3. The van der Waals surface area contributed by atoms with Gasteiger partial charge in [0.05, 0.1) is 6.61 Å². The maximum Gasteiger partial charge on any atom is 0.0504 e. The van der Waals surface area contributed by atoms with E-state index in [2.05, 4.69) is 5.32 Å². The predicted molar refractivity (Wildman–Crippen MR) is 63.3 cm³/mol. The van der Waals surface area contributed by atoms with Crippen LogP contribution in [0.4, 0.5) is 5.69 Å². The first-order chi connectivity index (χ1) is 7.24. The topological polar surface area (TPSA) is 32.3 Å². The fourth-order valence-electron chi connectivity index (χ4n) is 1.92. The minimum Gasteiger partial charge on any atom is -0.396 e. The Kier molecular flexibility index (Phi) is 3.17. The van der Waals surface area contributed by atoms with Crippen LogP contribution >= 0.6 is 11.6 Å². The molecular weight excluding hydrogens is 210 g/mol. The van der Waals surface area contributed by atoms with Crippen LogP contribution in [0, 0.1) is 5.41 Å². The fraction of sp³-hybridized carbons (Fsp3) is 0.500. The summed E-state index contributed by atoms with van der Waals surface area (Å²) in [7, 11) is 0. The van der Waals surface area contributed by atoms with Crippen molar-refractivity contribution < 1.29 is 5.11 Å². The molecule has 2 rings (SSSR count). The molecular formula is C12H16ClNO. The van der Waals surface area contributed by atoms with Gasteiger partial charge in [-0.2, -0.15) is 0 Å². The molecule has 0 spiro atoms. The van der Waals surface area contributed by atoms with Crippen LogP contribution in [0.3, 0.4) is 0 Å². The molecule has 0 atom stereocenters. The van der Waals surface area contributed by atoms with Crippen molar-refractivity contribution in [1.29, 1.82) is 0 Å². The average Bonchev–Trinajstić information content (AvgIpc) is 2.20. The molecule has 1 saturated carbocycles. The lowest BCUT2D eigenvalue weighted by molar-refractivity contribution is 0.0576. The van der Waals surface area contributed by atoms with E-state index in [4.69, 9.17) is 11.6 Å². The zero-order valence-corrected chi connectivity index (χ0v) is 9.43. The molecule has 0 saturated heterocycles. The van der Waals surface area contributed by atoms with E-state index >= 15 is 0 Å². The minimum atomic E-state index is 0.125. The van der Waals surface area contributed by atoms with E-state index in [-0.39, 0.29) is 12.0 Å². The number of nitrogens with one attached hydrogen (secondary N) is 1. The Morgan fingerprint density at radius 1 is 1.27 bits per heavy atom. The van der Waals surface area contributed by atoms with Crippen LogP contribution in [0.25, 0.3) is 0 Å². The Morgan fingerprint density at radius 2 is 1.93 bits per heavy atom. The number of anilines is 1. The smallest absolute Gasteiger partial charge is 0.0504 e. The van der Waals surface area contributed by atoms with E-state index < -0.39 is 0 Å². The van der Waals surface area contributed by atoms with Gasteiger partial charge in [0.25, 0.3) is 0 Å². The largest absolute Gasteiger partial charge is 0.396 e. The quantitative estimate of drug-likeness (QED) is 0.826. The van der Waals surface area contributed by atoms with Crippen LogP contribution in [-0.2, 0) is 0 Å². The summed E-state index contributed by atoms with van der Waals surface area (Å²) in [5, 5.41) is 13.4. The van der Waals surface area contributed by atoms with Gasteiger partial charge in [-0.15, -0.1) is 0 Å². The predicted octanol–water partition coefficient (Wildman–Crippen LogP) is 2.91. The number of halogens is 1. The lowest BCUT2D eigenvalue weighted by Crippen LogP contribution is -2.39. The molecule has 0 aromatic heterocycles. The average molecular weight is 226 g/mol. The zero-order valence-electron chi connectivity index (χ0n) is 8.67. The van der Waals surface area contributed by atoms with Gasteiger partial charge in [-0.3, -0.25) is 0 Å². The van der Waals surface area contributed by atoms with E-state index in [1.807, 2.05) is 24.3 Å². The van der Waals surface area contributed by atoms with Gasteiger partial charge in [0.1, 0.15) is 0 Å². The first-order valence-corrected chi connectivity index (χ1v) is 5.72. The van der Waals surface area contributed by atoms with Gasteiger partial charge in [0.15, 0.2) is 0 Å². The highest BCUT2D eigenvalue weighted by molar-refractivity contribution is 6.30. The van der Waals surface area contributed by atoms with Crippen LogP contribution < -0.4 is 5.32 Å². The second-order valence-corrected chi connectivity index (χ2v) is 4.81. The van der Waals surface area contributed by atoms with Crippen LogP contribution in [0.5, 0.6) is 0 Å². The molecule has 0 bridgehead atoms. The van der Waals surface area contributed by atoms with Crippen LogP contribution in [0.2, 0.25) is 5.02 Å². The van der Waals surface area contributed by atoms with E-state index in [9.17, 15) is 5.11 Å². The Hall–Kier alpha value is -0.730. The Bertz CT molecular complexity index is 313. The summed E-state index contributed by atoms with van der Waals surface area (Å²) in [6.07, 6.45) is 3.50. The first-order valence-electron chi connectivity index (χ1n) is 5.34. The van der Waals surface area contributed by atoms with Gasteiger partial charge in [-0.25, -0.2) is 0 Å². The monoisotopic (exact) mass is 225 g/mol. The number of aliphatic hydroxyl groups excluding tert-OH is 1. The molecule has 82 valence electrons. The number of aliphatic hydroxyl groups is 1. The van der Waals surface area contributed by atoms with Gasteiger partial charge in [0, 0.05) is 22.7 Å². The van der Waals surface area contributed by atoms with Crippen LogP contribution in [-0.4, -0.2) is 18.3 Å². The summed E-state index contributed by atoms with van der Waals surface area (Å²) in [5.74, 6) is 0. The third-order valence-electron chi connectivity index (χ3n) is 3.26. The van der Waals surface area contributed by atoms with Crippen LogP contribution in [0.15, 0.2) is 24.3 Å². The number of hydrogen-bond acceptors (Lipinski definition) is 2. The molecule has 0 unspecified atom stereocenters. The van der Waals surface area contributed by atoms with Crippen molar-refractivity contribution in [3.8, 4) is 0 Å². The van der Waals surface area contributed by atoms with E-state index in [1.165, 1.54) is 6.42 Å². The minimum absolute atomic E-state index is 0.125. The Balaban J connectivity index is 1.90. The first kappa shape index (κ1) is 10.8. The molecule has 2 N–H and O–H groups in total. The van der Waals surface area contributed by atoms with Gasteiger partial charge in [-0.05, 0) is 37.1 Å². The standard InChI is InChI=1S/C12H16ClNO/c13-10-2-4-11(5-3-10)14-8-12(9-15)6-1-7-12/h2-5,14-15H,1,6-9H2. The summed E-state index contributed by atoms with van der Waals surface area (Å²) in [5.41, 5.74) is 1.19. The second kappa shape index (κ2) is 4.42. The van der Waals surface area contributed by atoms with Gasteiger partial charge < -0.3 is 10.4 Å². The fourth-order valence-corrected chi connectivity index (χ4v) is 2.05. The van der Waals surface area contributed by atoms with E-state index in [0.29, 0.717) is 0 Å². The van der Waals surface area contributed by atoms with Crippen molar-refractivity contribution in [3.05, 3.63) is 29.3 Å². The summed E-state index contributed by atoms with van der Waals surface area (Å²) >= 11 is 5.80. The molecule has 1 aromatic carbocycles. The van der Waals surface area contributed by atoms with Crippen LogP contribution in [0.1, 0.15) is 19.3 Å². The molecule has 0 amide bonds. The number of benzene rings is 1. The molecule has 1 fully saturated rings. The Morgan fingerprint density at radius 3 is 2.40 bits per heavy atom. The van der Waals surface area contributed by atoms with E-state index in [0.717, 1.165) is 30.1 Å². The van der Waals surface area contributed by atoms with E-state index in [1.54, 1.807) is 0 Å². The highest BCUT2D eigenvalue weighted by atomic mass is 35.5. The second-order valence-electron chi connectivity index (χ2n) is 4.37. The summed E-state index contributed by atoms with van der Waals surface area (Å²) in [6.45, 7) is 1.14. The van der Waals surface area contributed by atoms with Crippen molar-refractivity contribution in [1.82, 2.24) is 0 Å². The molecule has 0 heterocycles. The van der Waals surface area contributed by atoms with Gasteiger partial charge >= 0.3 is 0 Å². The summed E-state index contributed by atoms with van der Waals surface area (Å²) < 4.78 is 0. The maximum absolute atomic E-state index is 9.30. The molecule has 2 nitrogen and oxygen atoms in total. The Labute approximate surface area is 95.3 Å². The highest BCUT2D eigenvalue weighted by Gasteiger charge is 2.35. The molecule has 3 heteroatoms. The summed E-state index contributed by atoms with van der Waals surface area (Å²) in [6, 6.07) is 7.67. The van der Waals surface area contributed by atoms with Gasteiger partial charge in [0.2, 0.25) is 0 Å². The van der Waals surface area contributed by atoms with Crippen molar-refractivity contribution in [2.24, 2.45) is 5.41 Å². The van der Waals surface area contributed by atoms with Crippen molar-refractivity contribution in [2.75, 3.05) is 18.5 Å². The van der Waals surface area contributed by atoms with Crippen molar-refractivity contribution in [2.45, 2.75) is 19.3 Å². The van der Waals surface area contributed by atoms with Gasteiger partial charge in [-0.1, -0.05) is 18.0 Å².